The van der Waals surface area contributed by atoms with E-state index in [1.54, 1.807) is 0 Å². The Labute approximate surface area is 184 Å². The van der Waals surface area contributed by atoms with Crippen molar-refractivity contribution in [2.45, 2.75) is 13.8 Å². The van der Waals surface area contributed by atoms with Crippen LogP contribution in [0.25, 0.3) is 0 Å². The minimum Gasteiger partial charge on any atom is -0.395 e. The van der Waals surface area contributed by atoms with Gasteiger partial charge in [0.1, 0.15) is 0 Å². The summed E-state index contributed by atoms with van der Waals surface area (Å²) in [5.74, 6) is 1.88. The maximum absolute atomic E-state index is 13.0. The van der Waals surface area contributed by atoms with Gasteiger partial charge >= 0.3 is 0 Å². The molecular weight excluding hydrogens is 392 g/mol. The fourth-order valence-electron chi connectivity index (χ4n) is 4.27. The second kappa shape index (κ2) is 9.62. The number of rotatable bonds is 5. The fraction of sp³-hybridized carbons (Fsp3) is 0.522. The number of benzene rings is 1. The first-order valence-electron chi connectivity index (χ1n) is 11.1. The van der Waals surface area contributed by atoms with Crippen molar-refractivity contribution in [1.82, 2.24) is 20.0 Å². The highest BCUT2D eigenvalue weighted by Crippen LogP contribution is 2.19. The Balaban J connectivity index is 1.32. The van der Waals surface area contributed by atoms with Crippen LogP contribution in [0.1, 0.15) is 21.5 Å². The van der Waals surface area contributed by atoms with Crippen LogP contribution in [0.5, 0.6) is 0 Å². The predicted molar refractivity (Wildman–Crippen MR) is 122 cm³/mol. The molecule has 31 heavy (non-hydrogen) atoms. The van der Waals surface area contributed by atoms with Crippen LogP contribution < -0.4 is 9.80 Å². The first-order chi connectivity index (χ1) is 15.0. The molecule has 1 aromatic carbocycles. The molecule has 1 amide bonds. The Hall–Kier alpha value is -2.71. The number of amides is 1. The van der Waals surface area contributed by atoms with E-state index in [0.29, 0.717) is 13.1 Å². The van der Waals surface area contributed by atoms with Crippen molar-refractivity contribution in [3.05, 3.63) is 47.0 Å². The molecule has 0 bridgehead atoms. The third-order valence-corrected chi connectivity index (χ3v) is 6.26. The topological polar surface area (TPSA) is 76.0 Å². The van der Waals surface area contributed by atoms with E-state index in [1.165, 1.54) is 0 Å². The number of aryl methyl sites for hydroxylation is 2. The maximum Gasteiger partial charge on any atom is 0.254 e. The van der Waals surface area contributed by atoms with Crippen molar-refractivity contribution < 1.29 is 9.90 Å². The molecule has 0 atom stereocenters. The van der Waals surface area contributed by atoms with Crippen molar-refractivity contribution in [2.24, 2.45) is 0 Å². The SMILES string of the molecule is Cc1ccc(C)c(C(=O)N2CCN(c3ccc(N4CCN(CCO)CC4)nn3)CC2)c1. The molecule has 0 spiro atoms. The Morgan fingerprint density at radius 3 is 2.00 bits per heavy atom. The lowest BCUT2D eigenvalue weighted by Crippen LogP contribution is -2.49. The standard InChI is InChI=1S/C23H32N6O2/c1-18-3-4-19(2)20(17-18)23(31)29-13-11-28(12-14-29)22-6-5-21(24-25-22)27-9-7-26(8-10-27)15-16-30/h3-6,17,30H,7-16H2,1-2H3. The quantitative estimate of drug-likeness (QED) is 0.772. The van der Waals surface area contributed by atoms with Crippen molar-refractivity contribution >= 4 is 17.5 Å². The highest BCUT2D eigenvalue weighted by molar-refractivity contribution is 5.96. The minimum absolute atomic E-state index is 0.114. The molecule has 3 heterocycles. The molecule has 2 aliphatic rings. The number of carbonyl (C=O) groups excluding carboxylic acids is 1. The first kappa shape index (κ1) is 21.5. The van der Waals surface area contributed by atoms with Gasteiger partial charge in [-0.25, -0.2) is 0 Å². The second-order valence-electron chi connectivity index (χ2n) is 8.40. The average Bonchev–Trinajstić information content (AvgIpc) is 2.81. The summed E-state index contributed by atoms with van der Waals surface area (Å²) in [4.78, 5) is 21.6. The van der Waals surface area contributed by atoms with Gasteiger partial charge in [0.05, 0.1) is 6.61 Å². The van der Waals surface area contributed by atoms with Gasteiger partial charge in [0.25, 0.3) is 5.91 Å². The van der Waals surface area contributed by atoms with Crippen molar-refractivity contribution in [2.75, 3.05) is 75.3 Å². The van der Waals surface area contributed by atoms with Crippen LogP contribution in [0.2, 0.25) is 0 Å². The molecule has 8 heteroatoms. The zero-order valence-corrected chi connectivity index (χ0v) is 18.5. The van der Waals surface area contributed by atoms with Gasteiger partial charge in [-0.3, -0.25) is 9.69 Å². The van der Waals surface area contributed by atoms with E-state index >= 15 is 0 Å². The van der Waals surface area contributed by atoms with E-state index in [4.69, 9.17) is 5.11 Å². The summed E-state index contributed by atoms with van der Waals surface area (Å²) >= 11 is 0. The molecule has 8 nitrogen and oxygen atoms in total. The highest BCUT2D eigenvalue weighted by atomic mass is 16.3. The minimum atomic E-state index is 0.114. The molecule has 166 valence electrons. The van der Waals surface area contributed by atoms with Gasteiger partial charge in [0, 0.05) is 64.5 Å². The fourth-order valence-corrected chi connectivity index (χ4v) is 4.27. The molecule has 0 radical (unpaired) electrons. The largest absolute Gasteiger partial charge is 0.395 e. The molecular formula is C23H32N6O2. The Morgan fingerprint density at radius 1 is 0.871 bits per heavy atom. The Morgan fingerprint density at radius 2 is 1.45 bits per heavy atom. The predicted octanol–water partition coefficient (Wildman–Crippen LogP) is 1.17. The monoisotopic (exact) mass is 424 g/mol. The summed E-state index contributed by atoms with van der Waals surface area (Å²) in [6.07, 6.45) is 0. The zero-order valence-electron chi connectivity index (χ0n) is 18.5. The van der Waals surface area contributed by atoms with Crippen LogP contribution in [-0.4, -0.2) is 96.5 Å². The third kappa shape index (κ3) is 4.97. The number of carbonyl (C=O) groups is 1. The summed E-state index contributed by atoms with van der Waals surface area (Å²) < 4.78 is 0. The van der Waals surface area contributed by atoms with Crippen LogP contribution in [0.15, 0.2) is 30.3 Å². The summed E-state index contributed by atoms with van der Waals surface area (Å²) in [5.41, 5.74) is 2.94. The van der Waals surface area contributed by atoms with E-state index in [-0.39, 0.29) is 12.5 Å². The number of anilines is 2. The zero-order chi connectivity index (χ0) is 21.8. The van der Waals surface area contributed by atoms with E-state index in [0.717, 1.165) is 74.1 Å². The highest BCUT2D eigenvalue weighted by Gasteiger charge is 2.24. The lowest BCUT2D eigenvalue weighted by atomic mass is 10.0. The molecule has 1 N–H and O–H groups in total. The first-order valence-corrected chi connectivity index (χ1v) is 11.1. The molecule has 2 saturated heterocycles. The summed E-state index contributed by atoms with van der Waals surface area (Å²) in [5, 5.41) is 18.0. The number of nitrogens with zero attached hydrogens (tertiary/aromatic N) is 6. The van der Waals surface area contributed by atoms with Crippen molar-refractivity contribution in [1.29, 1.82) is 0 Å². The Kier molecular flexibility index (Phi) is 6.67. The van der Waals surface area contributed by atoms with Crippen molar-refractivity contribution in [3.8, 4) is 0 Å². The molecule has 2 aliphatic heterocycles. The molecule has 1 aromatic heterocycles. The van der Waals surface area contributed by atoms with Gasteiger partial charge < -0.3 is 19.8 Å². The summed E-state index contributed by atoms with van der Waals surface area (Å²) in [7, 11) is 0. The number of aliphatic hydroxyl groups is 1. The lowest BCUT2D eigenvalue weighted by molar-refractivity contribution is 0.0745. The van der Waals surface area contributed by atoms with E-state index < -0.39 is 0 Å². The van der Waals surface area contributed by atoms with E-state index in [1.807, 2.05) is 49.1 Å². The molecule has 0 saturated carbocycles. The van der Waals surface area contributed by atoms with Crippen LogP contribution in [0.4, 0.5) is 11.6 Å². The second-order valence-corrected chi connectivity index (χ2v) is 8.40. The molecule has 4 rings (SSSR count). The van der Waals surface area contributed by atoms with Crippen LogP contribution >= 0.6 is 0 Å². The number of β-amino-alcohol motifs (C(OH)–C–C–N with tert-alkyl or cyclic N) is 1. The number of aromatic nitrogens is 2. The van der Waals surface area contributed by atoms with Crippen LogP contribution in [0.3, 0.4) is 0 Å². The Bertz CT molecular complexity index is 887. The van der Waals surface area contributed by atoms with E-state index in [9.17, 15) is 4.79 Å². The van der Waals surface area contributed by atoms with Gasteiger partial charge in [0.2, 0.25) is 0 Å². The molecule has 0 aliphatic carbocycles. The summed E-state index contributed by atoms with van der Waals surface area (Å²) in [6, 6.07) is 10.1. The molecule has 2 fully saturated rings. The van der Waals surface area contributed by atoms with Gasteiger partial charge in [-0.05, 0) is 37.6 Å². The van der Waals surface area contributed by atoms with Gasteiger partial charge in [-0.15, -0.1) is 10.2 Å². The number of hydrogen-bond donors (Lipinski definition) is 1. The number of hydrogen-bond acceptors (Lipinski definition) is 7. The van der Waals surface area contributed by atoms with E-state index in [2.05, 4.69) is 24.9 Å². The normalized spacial score (nSPS) is 17.8. The smallest absolute Gasteiger partial charge is 0.254 e. The number of piperazine rings is 2. The third-order valence-electron chi connectivity index (χ3n) is 6.26. The maximum atomic E-state index is 13.0. The molecule has 0 unspecified atom stereocenters. The lowest BCUT2D eigenvalue weighted by Gasteiger charge is -2.36. The van der Waals surface area contributed by atoms with Gasteiger partial charge in [-0.1, -0.05) is 17.7 Å². The van der Waals surface area contributed by atoms with Crippen LogP contribution in [0, 0.1) is 13.8 Å². The molecule has 2 aromatic rings. The number of aliphatic hydroxyl groups excluding tert-OH is 1. The van der Waals surface area contributed by atoms with Crippen LogP contribution in [-0.2, 0) is 0 Å². The summed E-state index contributed by atoms with van der Waals surface area (Å²) in [6.45, 7) is 11.5. The van der Waals surface area contributed by atoms with Gasteiger partial charge in [-0.2, -0.15) is 0 Å². The average molecular weight is 425 g/mol. The van der Waals surface area contributed by atoms with Crippen molar-refractivity contribution in [3.63, 3.8) is 0 Å². The van der Waals surface area contributed by atoms with Gasteiger partial charge in [0.15, 0.2) is 11.6 Å².